The first-order chi connectivity index (χ1) is 28.3. The van der Waals surface area contributed by atoms with Crippen LogP contribution in [0.25, 0.3) is 0 Å². The van der Waals surface area contributed by atoms with E-state index in [9.17, 15) is 23.7 Å². The molecule has 6 atom stereocenters. The molecule has 0 radical (unpaired) electrons. The Labute approximate surface area is 346 Å². The van der Waals surface area contributed by atoms with Crippen LogP contribution >= 0.6 is 0 Å². The number of ether oxygens (including phenoxy) is 3. The van der Waals surface area contributed by atoms with E-state index in [1.54, 1.807) is 36.2 Å². The second-order valence-corrected chi connectivity index (χ2v) is 19.4. The van der Waals surface area contributed by atoms with Gasteiger partial charge in [-0.3, -0.25) is 23.8 Å². The number of allylic oxidation sites excluding steroid dienone is 1. The predicted molar refractivity (Wildman–Crippen MR) is 223 cm³/mol. The van der Waals surface area contributed by atoms with Gasteiger partial charge in [-0.15, -0.1) is 9.46 Å². The molecule has 4 heterocycles. The summed E-state index contributed by atoms with van der Waals surface area (Å²) in [6.07, 6.45) is 9.90. The Kier molecular flexibility index (Phi) is 11.4. The number of nitrogens with one attached hydrogen (secondary N) is 1. The Morgan fingerprint density at radius 2 is 1.95 bits per heavy atom. The lowest BCUT2D eigenvalue weighted by atomic mass is 9.63. The van der Waals surface area contributed by atoms with Crippen molar-refractivity contribution in [1.29, 1.82) is 0 Å². The second-order valence-electron chi connectivity index (χ2n) is 17.4. The van der Waals surface area contributed by atoms with Crippen molar-refractivity contribution in [3.05, 3.63) is 82.6 Å². The van der Waals surface area contributed by atoms with E-state index in [0.29, 0.717) is 63.9 Å². The normalized spacial score (nSPS) is 30.1. The summed E-state index contributed by atoms with van der Waals surface area (Å²) in [4.78, 5) is 45.8. The maximum atomic E-state index is 14.8. The first-order valence-electron chi connectivity index (χ1n) is 20.8. The SMILES string of the molecule is COc1nn(C)cc1C(=O)NS1(=O)=NC(=O)c2ccc3c(c2)N(C[C@@H]2CC[C@H]2C(O)(CC(=O)N2CCOCC2)/C=C/C[C@H](C)C1)C[C@@]1(CCCc2cc(C)ccc21)CO3. The van der Waals surface area contributed by atoms with Crippen molar-refractivity contribution < 1.29 is 37.9 Å². The number of benzene rings is 2. The number of fused-ring (bicyclic) bond motifs is 4. The molecular formula is C44H56N6O8S. The van der Waals surface area contributed by atoms with E-state index in [1.165, 1.54) is 34.7 Å². The van der Waals surface area contributed by atoms with Crippen molar-refractivity contribution in [3.8, 4) is 11.6 Å². The Bertz CT molecular complexity index is 2280. The van der Waals surface area contributed by atoms with Gasteiger partial charge in [-0.2, -0.15) is 0 Å². The van der Waals surface area contributed by atoms with Crippen molar-refractivity contribution in [2.24, 2.45) is 29.2 Å². The molecule has 3 aromatic rings. The number of aromatic nitrogens is 2. The molecule has 1 saturated carbocycles. The van der Waals surface area contributed by atoms with Crippen LogP contribution in [0, 0.1) is 24.7 Å². The van der Waals surface area contributed by atoms with E-state index in [-0.39, 0.29) is 58.3 Å². The Balaban J connectivity index is 1.21. The molecule has 3 aliphatic heterocycles. The molecule has 1 aromatic heterocycles. The first kappa shape index (κ1) is 41.0. The van der Waals surface area contributed by atoms with Gasteiger partial charge in [0, 0.05) is 50.4 Å². The van der Waals surface area contributed by atoms with Gasteiger partial charge in [0.1, 0.15) is 21.2 Å². The number of aryl methyl sites for hydroxylation is 3. The lowest BCUT2D eigenvalue weighted by molar-refractivity contribution is -0.143. The summed E-state index contributed by atoms with van der Waals surface area (Å²) in [5.74, 6) is -1.60. The molecule has 5 aliphatic rings. The molecule has 2 aromatic carbocycles. The highest BCUT2D eigenvalue weighted by Gasteiger charge is 2.49. The molecular weight excluding hydrogens is 773 g/mol. The predicted octanol–water partition coefficient (Wildman–Crippen LogP) is 4.77. The van der Waals surface area contributed by atoms with Crippen LogP contribution in [0.5, 0.6) is 11.6 Å². The third-order valence-electron chi connectivity index (χ3n) is 13.0. The summed E-state index contributed by atoms with van der Waals surface area (Å²) in [5, 5.41) is 16.9. The highest BCUT2D eigenvalue weighted by molar-refractivity contribution is 7.92. The lowest BCUT2D eigenvalue weighted by Crippen LogP contribution is -2.54. The summed E-state index contributed by atoms with van der Waals surface area (Å²) in [6.45, 7) is 7.49. The maximum Gasteiger partial charge on any atom is 0.286 e. The number of nitrogens with zero attached hydrogens (tertiary/aromatic N) is 5. The fourth-order valence-electron chi connectivity index (χ4n) is 9.84. The smallest absolute Gasteiger partial charge is 0.286 e. The van der Waals surface area contributed by atoms with Crippen LogP contribution in [-0.2, 0) is 38.3 Å². The highest BCUT2D eigenvalue weighted by atomic mass is 32.2. The van der Waals surface area contributed by atoms with Gasteiger partial charge in [-0.1, -0.05) is 42.8 Å². The van der Waals surface area contributed by atoms with Gasteiger partial charge in [0.15, 0.2) is 0 Å². The number of anilines is 1. The Hall–Kier alpha value is -4.73. The van der Waals surface area contributed by atoms with Gasteiger partial charge in [0.2, 0.25) is 11.8 Å². The number of morpholine rings is 1. The molecule has 3 amide bonds. The third kappa shape index (κ3) is 8.38. The second kappa shape index (κ2) is 16.4. The van der Waals surface area contributed by atoms with Gasteiger partial charge >= 0.3 is 0 Å². The van der Waals surface area contributed by atoms with Crippen LogP contribution in [0.1, 0.15) is 82.9 Å². The van der Waals surface area contributed by atoms with Gasteiger partial charge in [0.05, 0.1) is 50.4 Å². The molecule has 59 heavy (non-hydrogen) atoms. The van der Waals surface area contributed by atoms with Crippen molar-refractivity contribution in [3.63, 3.8) is 0 Å². The molecule has 2 N–H and O–H groups in total. The number of hydrogen-bond acceptors (Lipinski definition) is 10. The molecule has 2 unspecified atom stereocenters. The van der Waals surface area contributed by atoms with Crippen molar-refractivity contribution >= 4 is 33.3 Å². The minimum absolute atomic E-state index is 0.0407. The first-order valence-corrected chi connectivity index (χ1v) is 22.5. The average Bonchev–Trinajstić information content (AvgIpc) is 3.51. The maximum absolute atomic E-state index is 14.8. The van der Waals surface area contributed by atoms with E-state index in [1.807, 2.05) is 13.0 Å². The summed E-state index contributed by atoms with van der Waals surface area (Å²) >= 11 is 0. The fraction of sp³-hybridized carbons (Fsp3) is 0.545. The number of aliphatic hydroxyl groups is 1. The molecule has 8 rings (SSSR count). The monoisotopic (exact) mass is 828 g/mol. The van der Waals surface area contributed by atoms with E-state index >= 15 is 0 Å². The van der Waals surface area contributed by atoms with Gasteiger partial charge < -0.3 is 29.1 Å². The van der Waals surface area contributed by atoms with E-state index in [4.69, 9.17) is 14.2 Å². The topological polar surface area (TPSA) is 165 Å². The zero-order valence-electron chi connectivity index (χ0n) is 34.5. The van der Waals surface area contributed by atoms with Gasteiger partial charge in [0.25, 0.3) is 11.8 Å². The zero-order chi connectivity index (χ0) is 41.5. The van der Waals surface area contributed by atoms with Crippen LogP contribution < -0.4 is 19.1 Å². The highest BCUT2D eigenvalue weighted by Crippen LogP contribution is 2.49. The average molecular weight is 829 g/mol. The number of hydrogen-bond donors (Lipinski definition) is 2. The summed E-state index contributed by atoms with van der Waals surface area (Å²) in [7, 11) is -0.709. The molecule has 316 valence electrons. The minimum Gasteiger partial charge on any atom is -0.490 e. The molecule has 1 saturated heterocycles. The third-order valence-corrected chi connectivity index (χ3v) is 14.9. The number of methoxy groups -OCH3 is 1. The Morgan fingerprint density at radius 3 is 2.71 bits per heavy atom. The van der Waals surface area contributed by atoms with Crippen molar-refractivity contribution in [1.82, 2.24) is 19.4 Å². The standard InChI is InChI=1S/C44H56N6O8S/c1-29-9-12-35-31(21-29)8-6-15-43(35)27-50-24-33-10-13-36(33)44(54,23-39(51)49-17-19-57-20-18-49)16-5-7-30(2)26-59(55,47-41(53)34-25-48(3)45-42(34)56-4)46-40(52)32-11-14-38(58-28-43)37(50)22-32/h5,9,11-12,14,16,21-22,25,30,33,36,54H,6-8,10,13,15,17-20,23-24,26-28H2,1-4H3,(H,46,47,52,53,55)/b16-5+/t30-,33-,36+,43-,44?,59?/m0/s1. The largest absolute Gasteiger partial charge is 0.490 e. The minimum atomic E-state index is -3.73. The Morgan fingerprint density at radius 1 is 1.14 bits per heavy atom. The van der Waals surface area contributed by atoms with Crippen LogP contribution in [0.4, 0.5) is 5.69 Å². The van der Waals surface area contributed by atoms with E-state index < -0.39 is 27.3 Å². The van der Waals surface area contributed by atoms with Crippen LogP contribution in [0.2, 0.25) is 0 Å². The molecule has 2 aliphatic carbocycles. The zero-order valence-corrected chi connectivity index (χ0v) is 35.3. The van der Waals surface area contributed by atoms with Crippen LogP contribution in [-0.4, -0.2) is 106 Å². The van der Waals surface area contributed by atoms with E-state index in [2.05, 4.69) is 44.2 Å². The van der Waals surface area contributed by atoms with Gasteiger partial charge in [-0.25, -0.2) is 4.21 Å². The molecule has 2 fully saturated rings. The van der Waals surface area contributed by atoms with Gasteiger partial charge in [-0.05, 0) is 92.5 Å². The van der Waals surface area contributed by atoms with Crippen LogP contribution in [0.15, 0.2) is 59.1 Å². The van der Waals surface area contributed by atoms with E-state index in [0.717, 1.165) is 32.1 Å². The summed E-state index contributed by atoms with van der Waals surface area (Å²) in [5.41, 5.74) is 3.02. The fourth-order valence-corrected chi connectivity index (χ4v) is 11.7. The number of carbonyl (C=O) groups is 3. The molecule has 14 nitrogen and oxygen atoms in total. The molecule has 1 spiro atoms. The van der Waals surface area contributed by atoms with Crippen molar-refractivity contribution in [2.75, 3.05) is 63.8 Å². The molecule has 15 heteroatoms. The molecule has 2 bridgehead atoms. The quantitative estimate of drug-likeness (QED) is 0.343. The van der Waals surface area contributed by atoms with Crippen LogP contribution in [0.3, 0.4) is 0 Å². The lowest BCUT2D eigenvalue weighted by Gasteiger charge is -2.49. The summed E-state index contributed by atoms with van der Waals surface area (Å²) < 4.78 is 40.6. The number of amides is 3. The van der Waals surface area contributed by atoms with Crippen molar-refractivity contribution in [2.45, 2.75) is 69.8 Å². The summed E-state index contributed by atoms with van der Waals surface area (Å²) in [6, 6.07) is 11.9. The number of carbonyl (C=O) groups excluding carboxylic acids is 3. The number of rotatable bonds is 5.